The van der Waals surface area contributed by atoms with Gasteiger partial charge in [-0.3, -0.25) is 4.79 Å². The smallest absolute Gasteiger partial charge is 0.248 e. The molecule has 0 fully saturated rings. The highest BCUT2D eigenvalue weighted by atomic mass is 35.5. The summed E-state index contributed by atoms with van der Waals surface area (Å²) in [6, 6.07) is 7.20. The zero-order chi connectivity index (χ0) is 8.97. The number of carbonyl (C=O) groups is 1. The first kappa shape index (κ1) is 9.07. The summed E-state index contributed by atoms with van der Waals surface area (Å²) in [7, 11) is 0. The first-order chi connectivity index (χ1) is 5.74. The summed E-state index contributed by atoms with van der Waals surface area (Å²) in [6.07, 6.45) is 0.767. The largest absolute Gasteiger partial charge is 0.366 e. The molecule has 0 aliphatic heterocycles. The van der Waals surface area contributed by atoms with Gasteiger partial charge in [-0.05, 0) is 24.1 Å². The van der Waals surface area contributed by atoms with Crippen molar-refractivity contribution in [3.8, 4) is 0 Å². The van der Waals surface area contributed by atoms with Crippen LogP contribution in [0.4, 0.5) is 0 Å². The Hall–Kier alpha value is -1.02. The van der Waals surface area contributed by atoms with E-state index in [4.69, 9.17) is 17.3 Å². The van der Waals surface area contributed by atoms with E-state index in [1.54, 1.807) is 12.1 Å². The van der Waals surface area contributed by atoms with Crippen LogP contribution in [0.25, 0.3) is 0 Å². The fourth-order valence-electron chi connectivity index (χ4n) is 0.989. The first-order valence-electron chi connectivity index (χ1n) is 3.68. The van der Waals surface area contributed by atoms with Crippen LogP contribution in [0.15, 0.2) is 24.3 Å². The summed E-state index contributed by atoms with van der Waals surface area (Å²) < 4.78 is 0. The molecular formula is C9H10ClNO. The molecule has 0 aromatic heterocycles. The summed E-state index contributed by atoms with van der Waals surface area (Å²) in [5.41, 5.74) is 6.69. The number of halogens is 1. The molecule has 0 aliphatic carbocycles. The molecule has 0 spiro atoms. The summed E-state index contributed by atoms with van der Waals surface area (Å²) in [5, 5.41) is 0. The van der Waals surface area contributed by atoms with Gasteiger partial charge in [-0.15, -0.1) is 11.6 Å². The molecule has 2 nitrogen and oxygen atoms in total. The number of alkyl halides is 1. The van der Waals surface area contributed by atoms with Crippen molar-refractivity contribution >= 4 is 17.5 Å². The second-order valence-corrected chi connectivity index (χ2v) is 2.88. The van der Waals surface area contributed by atoms with E-state index in [1.807, 2.05) is 12.1 Å². The topological polar surface area (TPSA) is 43.1 Å². The molecule has 0 heterocycles. The van der Waals surface area contributed by atoms with Gasteiger partial charge in [0.1, 0.15) is 0 Å². The molecule has 1 amide bonds. The van der Waals surface area contributed by atoms with Crippen molar-refractivity contribution < 1.29 is 4.79 Å². The third-order valence-electron chi connectivity index (χ3n) is 1.59. The Kier molecular flexibility index (Phi) is 3.11. The molecule has 0 bridgehead atoms. The SMILES string of the molecule is NC(=O)c1cccc(CCCl)c1. The van der Waals surface area contributed by atoms with E-state index in [0.29, 0.717) is 11.4 Å². The second kappa shape index (κ2) is 4.12. The highest BCUT2D eigenvalue weighted by molar-refractivity contribution is 6.18. The normalized spacial score (nSPS) is 9.75. The third kappa shape index (κ3) is 2.24. The van der Waals surface area contributed by atoms with Gasteiger partial charge in [0.05, 0.1) is 0 Å². The van der Waals surface area contributed by atoms with Gasteiger partial charge in [0, 0.05) is 11.4 Å². The number of primary amides is 1. The van der Waals surface area contributed by atoms with Crippen molar-refractivity contribution in [3.63, 3.8) is 0 Å². The van der Waals surface area contributed by atoms with Gasteiger partial charge in [-0.1, -0.05) is 12.1 Å². The first-order valence-corrected chi connectivity index (χ1v) is 4.22. The lowest BCUT2D eigenvalue weighted by Crippen LogP contribution is -2.10. The molecule has 3 heteroatoms. The van der Waals surface area contributed by atoms with Crippen LogP contribution in [0.2, 0.25) is 0 Å². The van der Waals surface area contributed by atoms with E-state index in [0.717, 1.165) is 12.0 Å². The van der Waals surface area contributed by atoms with E-state index >= 15 is 0 Å². The Morgan fingerprint density at radius 3 is 2.83 bits per heavy atom. The van der Waals surface area contributed by atoms with Gasteiger partial charge < -0.3 is 5.73 Å². The maximum Gasteiger partial charge on any atom is 0.248 e. The number of rotatable bonds is 3. The van der Waals surface area contributed by atoms with Crippen LogP contribution in [0.3, 0.4) is 0 Å². The average molecular weight is 184 g/mol. The van der Waals surface area contributed by atoms with E-state index in [1.165, 1.54) is 0 Å². The van der Waals surface area contributed by atoms with Crippen molar-refractivity contribution in [3.05, 3.63) is 35.4 Å². The van der Waals surface area contributed by atoms with Crippen LogP contribution < -0.4 is 5.73 Å². The van der Waals surface area contributed by atoms with Crippen molar-refractivity contribution in [1.29, 1.82) is 0 Å². The van der Waals surface area contributed by atoms with Gasteiger partial charge in [-0.25, -0.2) is 0 Å². The van der Waals surface area contributed by atoms with Crippen LogP contribution in [0.1, 0.15) is 15.9 Å². The van der Waals surface area contributed by atoms with Crippen LogP contribution in [-0.4, -0.2) is 11.8 Å². The van der Waals surface area contributed by atoms with Gasteiger partial charge in [0.25, 0.3) is 0 Å². The van der Waals surface area contributed by atoms with Crippen molar-refractivity contribution in [2.45, 2.75) is 6.42 Å². The van der Waals surface area contributed by atoms with Crippen LogP contribution in [-0.2, 0) is 6.42 Å². The fourth-order valence-corrected chi connectivity index (χ4v) is 1.21. The Morgan fingerprint density at radius 2 is 2.25 bits per heavy atom. The summed E-state index contributed by atoms with van der Waals surface area (Å²) in [6.45, 7) is 0. The molecule has 0 unspecified atom stereocenters. The van der Waals surface area contributed by atoms with Crippen molar-refractivity contribution in [2.24, 2.45) is 5.73 Å². The molecule has 1 aromatic carbocycles. The molecule has 12 heavy (non-hydrogen) atoms. The number of hydrogen-bond donors (Lipinski definition) is 1. The molecule has 0 saturated heterocycles. The van der Waals surface area contributed by atoms with Gasteiger partial charge in [0.2, 0.25) is 5.91 Å². The zero-order valence-electron chi connectivity index (χ0n) is 6.59. The van der Waals surface area contributed by atoms with Gasteiger partial charge in [-0.2, -0.15) is 0 Å². The molecule has 1 aromatic rings. The molecule has 64 valence electrons. The molecule has 0 aliphatic rings. The van der Waals surface area contributed by atoms with E-state index in [2.05, 4.69) is 0 Å². The Bertz CT molecular complexity index is 286. The van der Waals surface area contributed by atoms with Crippen LogP contribution in [0, 0.1) is 0 Å². The Labute approximate surface area is 76.3 Å². The van der Waals surface area contributed by atoms with Crippen molar-refractivity contribution in [2.75, 3.05) is 5.88 Å². The van der Waals surface area contributed by atoms with E-state index < -0.39 is 5.91 Å². The number of benzene rings is 1. The highest BCUT2D eigenvalue weighted by Gasteiger charge is 1.99. The molecule has 0 saturated carbocycles. The Morgan fingerprint density at radius 1 is 1.50 bits per heavy atom. The predicted octanol–water partition coefficient (Wildman–Crippen LogP) is 1.57. The van der Waals surface area contributed by atoms with Crippen LogP contribution in [0.5, 0.6) is 0 Å². The predicted molar refractivity (Wildman–Crippen MR) is 49.4 cm³/mol. The standard InChI is InChI=1S/C9H10ClNO/c10-5-4-7-2-1-3-8(6-7)9(11)12/h1-3,6H,4-5H2,(H2,11,12). The molecule has 2 N–H and O–H groups in total. The fraction of sp³-hybridized carbons (Fsp3) is 0.222. The highest BCUT2D eigenvalue weighted by Crippen LogP contribution is 2.05. The molecular weight excluding hydrogens is 174 g/mol. The maximum atomic E-state index is 10.7. The minimum absolute atomic E-state index is 0.397. The van der Waals surface area contributed by atoms with Crippen LogP contribution >= 0.6 is 11.6 Å². The number of aryl methyl sites for hydroxylation is 1. The lowest BCUT2D eigenvalue weighted by Gasteiger charge is -1.99. The van der Waals surface area contributed by atoms with Crippen molar-refractivity contribution in [1.82, 2.24) is 0 Å². The molecule has 1 rings (SSSR count). The summed E-state index contributed by atoms with van der Waals surface area (Å²) in [4.78, 5) is 10.7. The van der Waals surface area contributed by atoms with Gasteiger partial charge in [0.15, 0.2) is 0 Å². The average Bonchev–Trinajstić information content (AvgIpc) is 2.05. The van der Waals surface area contributed by atoms with E-state index in [9.17, 15) is 4.79 Å². The number of hydrogen-bond acceptors (Lipinski definition) is 1. The molecule has 0 atom stereocenters. The minimum Gasteiger partial charge on any atom is -0.366 e. The quantitative estimate of drug-likeness (QED) is 0.711. The monoisotopic (exact) mass is 183 g/mol. The number of nitrogens with two attached hydrogens (primary N) is 1. The van der Waals surface area contributed by atoms with E-state index in [-0.39, 0.29) is 0 Å². The second-order valence-electron chi connectivity index (χ2n) is 2.50. The zero-order valence-corrected chi connectivity index (χ0v) is 7.34. The third-order valence-corrected chi connectivity index (χ3v) is 1.78. The lowest BCUT2D eigenvalue weighted by atomic mass is 10.1. The minimum atomic E-state index is -0.397. The number of amides is 1. The maximum absolute atomic E-state index is 10.7. The van der Waals surface area contributed by atoms with Gasteiger partial charge >= 0.3 is 0 Å². The Balaban J connectivity index is 2.88. The molecule has 0 radical (unpaired) electrons. The summed E-state index contributed by atoms with van der Waals surface area (Å²) >= 11 is 5.55. The number of carbonyl (C=O) groups excluding carboxylic acids is 1. The lowest BCUT2D eigenvalue weighted by molar-refractivity contribution is 0.1000. The summed E-state index contributed by atoms with van der Waals surface area (Å²) in [5.74, 6) is 0.161.